The normalized spacial score (nSPS) is 16.0. The van der Waals surface area contributed by atoms with Crippen molar-refractivity contribution in [2.75, 3.05) is 11.4 Å². The first-order chi connectivity index (χ1) is 19.2. The van der Waals surface area contributed by atoms with Gasteiger partial charge in [0.2, 0.25) is 5.91 Å². The minimum Gasteiger partial charge on any atom is -0.460 e. The van der Waals surface area contributed by atoms with Crippen LogP contribution in [0.15, 0.2) is 84.9 Å². The molecule has 2 atom stereocenters. The van der Waals surface area contributed by atoms with Gasteiger partial charge in [-0.25, -0.2) is 0 Å². The van der Waals surface area contributed by atoms with Crippen molar-refractivity contribution in [3.8, 4) is 0 Å². The third-order valence-electron chi connectivity index (χ3n) is 6.73. The SMILES string of the molecule is CC(C)(C)OC(=O)CN1C(=O)[C@@H](N[C@@H](CCc2ccccc2)C(=O)OCc2ccccc2)CCc2ccccc21. The van der Waals surface area contributed by atoms with Gasteiger partial charge in [-0.05, 0) is 69.2 Å². The average molecular weight is 543 g/mol. The van der Waals surface area contributed by atoms with Crippen LogP contribution in [0.3, 0.4) is 0 Å². The quantitative estimate of drug-likeness (QED) is 0.363. The maximum atomic E-state index is 13.9. The summed E-state index contributed by atoms with van der Waals surface area (Å²) < 4.78 is 11.2. The van der Waals surface area contributed by atoms with Gasteiger partial charge >= 0.3 is 11.9 Å². The van der Waals surface area contributed by atoms with E-state index in [2.05, 4.69) is 5.32 Å². The molecule has 0 saturated heterocycles. The highest BCUT2D eigenvalue weighted by Gasteiger charge is 2.35. The lowest BCUT2D eigenvalue weighted by Crippen LogP contribution is -2.53. The van der Waals surface area contributed by atoms with Crippen molar-refractivity contribution in [2.24, 2.45) is 0 Å². The summed E-state index contributed by atoms with van der Waals surface area (Å²) in [7, 11) is 0. The minimum absolute atomic E-state index is 0.151. The number of anilines is 1. The number of nitrogens with one attached hydrogen (secondary N) is 1. The second kappa shape index (κ2) is 13.4. The lowest BCUT2D eigenvalue weighted by Gasteiger charge is -2.29. The van der Waals surface area contributed by atoms with Gasteiger partial charge in [-0.2, -0.15) is 0 Å². The fraction of sp³-hybridized carbons (Fsp3) is 0.364. The molecule has 4 rings (SSSR count). The third kappa shape index (κ3) is 8.26. The van der Waals surface area contributed by atoms with Crippen molar-refractivity contribution in [3.05, 3.63) is 102 Å². The Morgan fingerprint density at radius 3 is 2.23 bits per heavy atom. The van der Waals surface area contributed by atoms with Crippen LogP contribution in [0.25, 0.3) is 0 Å². The Morgan fingerprint density at radius 1 is 0.925 bits per heavy atom. The van der Waals surface area contributed by atoms with E-state index in [0.29, 0.717) is 31.4 Å². The summed E-state index contributed by atoms with van der Waals surface area (Å²) in [5.41, 5.74) is 2.97. The molecule has 0 aliphatic carbocycles. The van der Waals surface area contributed by atoms with E-state index in [1.807, 2.05) is 84.9 Å². The molecule has 0 saturated carbocycles. The van der Waals surface area contributed by atoms with Gasteiger partial charge in [0.15, 0.2) is 0 Å². The number of hydrogen-bond acceptors (Lipinski definition) is 6. The first-order valence-corrected chi connectivity index (χ1v) is 13.8. The monoisotopic (exact) mass is 542 g/mol. The Balaban J connectivity index is 1.54. The van der Waals surface area contributed by atoms with Gasteiger partial charge < -0.3 is 9.47 Å². The first kappa shape index (κ1) is 29.0. The van der Waals surface area contributed by atoms with Crippen LogP contribution >= 0.6 is 0 Å². The second-order valence-electron chi connectivity index (χ2n) is 11.1. The topological polar surface area (TPSA) is 84.9 Å². The number of amides is 1. The van der Waals surface area contributed by atoms with Crippen molar-refractivity contribution < 1.29 is 23.9 Å². The molecule has 1 heterocycles. The number of aryl methyl sites for hydroxylation is 2. The molecule has 0 bridgehead atoms. The lowest BCUT2D eigenvalue weighted by molar-refractivity contribution is -0.154. The molecular formula is C33H38N2O5. The molecule has 1 amide bonds. The standard InChI is InChI=1S/C33H38N2O5/c1-33(2,3)40-30(36)22-35-29-17-11-10-16-26(29)19-21-27(31(35)37)34-28(20-18-24-12-6-4-7-13-24)32(38)39-23-25-14-8-5-9-15-25/h4-17,27-28,34H,18-23H2,1-3H3/t27-,28-/m0/s1. The van der Waals surface area contributed by atoms with Gasteiger partial charge in [0.25, 0.3) is 0 Å². The van der Waals surface area contributed by atoms with E-state index in [9.17, 15) is 14.4 Å². The first-order valence-electron chi connectivity index (χ1n) is 13.8. The highest BCUT2D eigenvalue weighted by Crippen LogP contribution is 2.28. The van der Waals surface area contributed by atoms with Gasteiger partial charge in [0, 0.05) is 5.69 Å². The van der Waals surface area contributed by atoms with Gasteiger partial charge in [-0.1, -0.05) is 78.9 Å². The molecule has 0 aromatic heterocycles. The van der Waals surface area contributed by atoms with Crippen molar-refractivity contribution >= 4 is 23.5 Å². The van der Waals surface area contributed by atoms with E-state index in [4.69, 9.17) is 9.47 Å². The van der Waals surface area contributed by atoms with Crippen LogP contribution in [0, 0.1) is 0 Å². The summed E-state index contributed by atoms with van der Waals surface area (Å²) in [4.78, 5) is 41.6. The van der Waals surface area contributed by atoms with E-state index >= 15 is 0 Å². The number of carbonyl (C=O) groups is 3. The van der Waals surface area contributed by atoms with E-state index < -0.39 is 29.6 Å². The molecule has 0 fully saturated rings. The molecule has 1 N–H and O–H groups in total. The zero-order valence-corrected chi connectivity index (χ0v) is 23.5. The molecule has 40 heavy (non-hydrogen) atoms. The van der Waals surface area contributed by atoms with Gasteiger partial charge in [0.1, 0.15) is 24.8 Å². The molecule has 1 aliphatic rings. The molecular weight excluding hydrogens is 504 g/mol. The van der Waals surface area contributed by atoms with Crippen LogP contribution in [0.2, 0.25) is 0 Å². The molecule has 0 spiro atoms. The van der Waals surface area contributed by atoms with Crippen molar-refractivity contribution in [2.45, 2.75) is 70.7 Å². The number of nitrogens with zero attached hydrogens (tertiary/aromatic N) is 1. The third-order valence-corrected chi connectivity index (χ3v) is 6.73. The van der Waals surface area contributed by atoms with Crippen LogP contribution < -0.4 is 10.2 Å². The molecule has 210 valence electrons. The average Bonchev–Trinajstić information content (AvgIpc) is 3.06. The number of fused-ring (bicyclic) bond motifs is 1. The van der Waals surface area contributed by atoms with Crippen molar-refractivity contribution in [1.82, 2.24) is 5.32 Å². The van der Waals surface area contributed by atoms with Gasteiger partial charge in [-0.3, -0.25) is 24.6 Å². The van der Waals surface area contributed by atoms with Crippen molar-refractivity contribution in [3.63, 3.8) is 0 Å². The number of rotatable bonds is 10. The van der Waals surface area contributed by atoms with Crippen LogP contribution in [0.1, 0.15) is 50.3 Å². The summed E-state index contributed by atoms with van der Waals surface area (Å²) in [6.07, 6.45) is 2.20. The maximum absolute atomic E-state index is 13.9. The van der Waals surface area contributed by atoms with E-state index in [1.54, 1.807) is 20.8 Å². The maximum Gasteiger partial charge on any atom is 0.326 e. The molecule has 7 nitrogen and oxygen atoms in total. The van der Waals surface area contributed by atoms with Gasteiger partial charge in [-0.15, -0.1) is 0 Å². The minimum atomic E-state index is -0.706. The number of para-hydroxylation sites is 1. The molecule has 3 aromatic rings. The largest absolute Gasteiger partial charge is 0.460 e. The van der Waals surface area contributed by atoms with Crippen LogP contribution in [0.4, 0.5) is 5.69 Å². The lowest BCUT2D eigenvalue weighted by atomic mass is 10.0. The van der Waals surface area contributed by atoms with E-state index in [1.165, 1.54) is 4.90 Å². The molecule has 0 radical (unpaired) electrons. The molecule has 3 aromatic carbocycles. The Hall–Kier alpha value is -3.97. The fourth-order valence-corrected chi connectivity index (χ4v) is 4.83. The van der Waals surface area contributed by atoms with Crippen molar-refractivity contribution in [1.29, 1.82) is 0 Å². The summed E-state index contributed by atoms with van der Waals surface area (Å²) in [6.45, 7) is 5.33. The number of carbonyl (C=O) groups excluding carboxylic acids is 3. The predicted octanol–water partition coefficient (Wildman–Crippen LogP) is 5.01. The zero-order valence-electron chi connectivity index (χ0n) is 23.5. The van der Waals surface area contributed by atoms with Crippen LogP contribution in [-0.2, 0) is 43.3 Å². The molecule has 7 heteroatoms. The van der Waals surface area contributed by atoms with E-state index in [0.717, 1.165) is 16.7 Å². The predicted molar refractivity (Wildman–Crippen MR) is 155 cm³/mol. The summed E-state index contributed by atoms with van der Waals surface area (Å²) in [6, 6.07) is 25.6. The highest BCUT2D eigenvalue weighted by molar-refractivity contribution is 6.02. The van der Waals surface area contributed by atoms with Crippen LogP contribution in [0.5, 0.6) is 0 Å². The number of esters is 2. The van der Waals surface area contributed by atoms with Crippen LogP contribution in [-0.4, -0.2) is 42.1 Å². The molecule has 1 aliphatic heterocycles. The number of ether oxygens (including phenoxy) is 2. The highest BCUT2D eigenvalue weighted by atomic mass is 16.6. The molecule has 0 unspecified atom stereocenters. The number of hydrogen-bond donors (Lipinski definition) is 1. The fourth-order valence-electron chi connectivity index (χ4n) is 4.83. The van der Waals surface area contributed by atoms with Gasteiger partial charge in [0.05, 0.1) is 6.04 Å². The summed E-state index contributed by atoms with van der Waals surface area (Å²) in [5, 5.41) is 3.32. The number of benzene rings is 3. The Labute approximate surface area is 236 Å². The zero-order chi connectivity index (χ0) is 28.5. The Kier molecular flexibility index (Phi) is 9.72. The second-order valence-corrected chi connectivity index (χ2v) is 11.1. The summed E-state index contributed by atoms with van der Waals surface area (Å²) >= 11 is 0. The summed E-state index contributed by atoms with van der Waals surface area (Å²) in [5.74, 6) is -1.16. The van der Waals surface area contributed by atoms with E-state index in [-0.39, 0.29) is 19.1 Å². The Bertz CT molecular complexity index is 1290. The Morgan fingerprint density at radius 2 is 1.55 bits per heavy atom. The smallest absolute Gasteiger partial charge is 0.326 e.